The number of ether oxygens (including phenoxy) is 2. The summed E-state index contributed by atoms with van der Waals surface area (Å²) < 4.78 is 12.1. The molecule has 0 N–H and O–H groups in total. The van der Waals surface area contributed by atoms with Gasteiger partial charge in [-0.3, -0.25) is 9.59 Å². The minimum Gasteiger partial charge on any atom is -0.465 e. The maximum atomic E-state index is 13.5. The second kappa shape index (κ2) is 73.0. The number of hydrogen-bond donors (Lipinski definition) is 0. The van der Waals surface area contributed by atoms with Gasteiger partial charge < -0.3 is 9.47 Å². The van der Waals surface area contributed by atoms with Crippen molar-refractivity contribution in [2.75, 3.05) is 13.2 Å². The van der Waals surface area contributed by atoms with E-state index in [0.717, 1.165) is 50.4 Å². The molecule has 0 aromatic heterocycles. The van der Waals surface area contributed by atoms with E-state index in [1.165, 1.54) is 398 Å². The van der Waals surface area contributed by atoms with Crippen LogP contribution in [0.15, 0.2) is 0 Å². The maximum Gasteiger partial charge on any atom is 0.308 e. The molecule has 0 bridgehead atoms. The molecule has 514 valence electrons. The van der Waals surface area contributed by atoms with Crippen LogP contribution in [-0.2, 0) is 19.1 Å². The zero-order chi connectivity index (χ0) is 62.4. The standard InChI is InChI=1S/C82H162O4/c1-7-13-19-25-31-35-37-41-53-63-73-79(71-61-51-39-33-27-21-15-9-3)81(83)85-75-65-55-45-43-49-59-69-77(67-57-47-29-23-17-11-5)78(68-58-48-30-24-18-12-6)70-60-50-44-46-56-66-76-86-82(84)80(72-62-52-40-34-28-22-16-10-4)74-64-54-42-38-36-32-26-20-14-8-2/h77-80H,7-76H2,1-6H3. The van der Waals surface area contributed by atoms with Crippen molar-refractivity contribution in [1.82, 2.24) is 0 Å². The quantitative estimate of drug-likeness (QED) is 0.0450. The van der Waals surface area contributed by atoms with Crippen LogP contribution in [0.4, 0.5) is 0 Å². The third-order valence-electron chi connectivity index (χ3n) is 20.2. The number of unbranched alkanes of at least 4 members (excludes halogenated alkanes) is 52. The lowest BCUT2D eigenvalue weighted by Gasteiger charge is -2.28. The molecule has 86 heavy (non-hydrogen) atoms. The van der Waals surface area contributed by atoms with Gasteiger partial charge >= 0.3 is 11.9 Å². The van der Waals surface area contributed by atoms with Crippen molar-refractivity contribution in [3.63, 3.8) is 0 Å². The van der Waals surface area contributed by atoms with Gasteiger partial charge in [0.2, 0.25) is 0 Å². The highest BCUT2D eigenvalue weighted by atomic mass is 16.5. The Hall–Kier alpha value is -1.06. The van der Waals surface area contributed by atoms with Crippen molar-refractivity contribution in [2.24, 2.45) is 23.7 Å². The van der Waals surface area contributed by atoms with Crippen molar-refractivity contribution >= 4 is 11.9 Å². The molecular formula is C82H162O4. The molecule has 4 atom stereocenters. The summed E-state index contributed by atoms with van der Waals surface area (Å²) in [5.41, 5.74) is 0. The molecule has 0 aliphatic carbocycles. The van der Waals surface area contributed by atoms with E-state index in [1.54, 1.807) is 0 Å². The van der Waals surface area contributed by atoms with E-state index in [9.17, 15) is 9.59 Å². The van der Waals surface area contributed by atoms with Gasteiger partial charge in [-0.1, -0.05) is 440 Å². The number of carbonyl (C=O) groups excluding carboxylic acids is 2. The van der Waals surface area contributed by atoms with Crippen LogP contribution in [0.5, 0.6) is 0 Å². The molecule has 0 amide bonds. The van der Waals surface area contributed by atoms with Gasteiger partial charge in [0.15, 0.2) is 0 Å². The van der Waals surface area contributed by atoms with Gasteiger partial charge in [0, 0.05) is 0 Å². The van der Waals surface area contributed by atoms with E-state index in [2.05, 4.69) is 41.5 Å². The highest BCUT2D eigenvalue weighted by molar-refractivity contribution is 5.72. The molecule has 0 aromatic rings. The molecular weight excluding hydrogens is 1050 g/mol. The zero-order valence-corrected chi connectivity index (χ0v) is 60.4. The van der Waals surface area contributed by atoms with Crippen molar-refractivity contribution in [3.8, 4) is 0 Å². The predicted molar refractivity (Wildman–Crippen MR) is 384 cm³/mol. The summed E-state index contributed by atoms with van der Waals surface area (Å²) in [6.45, 7) is 15.1. The van der Waals surface area contributed by atoms with Crippen molar-refractivity contribution in [1.29, 1.82) is 0 Å². The van der Waals surface area contributed by atoms with Gasteiger partial charge in [0.1, 0.15) is 0 Å². The normalized spacial score (nSPS) is 13.1. The average Bonchev–Trinajstić information content (AvgIpc) is 3.53. The Labute approximate surface area is 543 Å². The van der Waals surface area contributed by atoms with Crippen LogP contribution in [0.1, 0.15) is 478 Å². The van der Waals surface area contributed by atoms with E-state index >= 15 is 0 Å². The molecule has 0 heterocycles. The first kappa shape index (κ1) is 84.9. The lowest BCUT2D eigenvalue weighted by molar-refractivity contribution is -0.150. The lowest BCUT2D eigenvalue weighted by Crippen LogP contribution is -2.18. The lowest BCUT2D eigenvalue weighted by atomic mass is 9.78. The van der Waals surface area contributed by atoms with Crippen LogP contribution in [-0.4, -0.2) is 25.2 Å². The van der Waals surface area contributed by atoms with E-state index in [0.29, 0.717) is 13.2 Å². The van der Waals surface area contributed by atoms with Crippen molar-refractivity contribution in [2.45, 2.75) is 478 Å². The smallest absolute Gasteiger partial charge is 0.308 e. The van der Waals surface area contributed by atoms with Crippen molar-refractivity contribution in [3.05, 3.63) is 0 Å². The summed E-state index contributed by atoms with van der Waals surface area (Å²) in [4.78, 5) is 27.0. The van der Waals surface area contributed by atoms with Gasteiger partial charge in [-0.25, -0.2) is 0 Å². The zero-order valence-electron chi connectivity index (χ0n) is 60.4. The molecule has 0 aromatic carbocycles. The molecule has 0 saturated heterocycles. The highest BCUT2D eigenvalue weighted by Gasteiger charge is 2.23. The number of hydrogen-bond acceptors (Lipinski definition) is 4. The Bertz CT molecular complexity index is 1180. The topological polar surface area (TPSA) is 52.6 Å². The minimum atomic E-state index is 0.115. The highest BCUT2D eigenvalue weighted by Crippen LogP contribution is 2.34. The Morgan fingerprint density at radius 1 is 0.186 bits per heavy atom. The summed E-state index contributed by atoms with van der Waals surface area (Å²) in [7, 11) is 0. The third kappa shape index (κ3) is 61.8. The first-order valence-electron chi connectivity index (χ1n) is 40.8. The van der Waals surface area contributed by atoms with Crippen LogP contribution in [0, 0.1) is 23.7 Å². The molecule has 0 aliphatic heterocycles. The molecule has 4 heteroatoms. The molecule has 0 saturated carbocycles. The predicted octanol–water partition coefficient (Wildman–Crippen LogP) is 29.2. The molecule has 0 radical (unpaired) electrons. The van der Waals surface area contributed by atoms with Gasteiger partial charge in [-0.2, -0.15) is 0 Å². The fourth-order valence-electron chi connectivity index (χ4n) is 14.2. The van der Waals surface area contributed by atoms with Gasteiger partial charge in [0.25, 0.3) is 0 Å². The third-order valence-corrected chi connectivity index (χ3v) is 20.2. The van der Waals surface area contributed by atoms with Crippen LogP contribution in [0.2, 0.25) is 0 Å². The summed E-state index contributed by atoms with van der Waals surface area (Å²) in [6, 6.07) is 0. The second-order valence-corrected chi connectivity index (χ2v) is 28.7. The minimum absolute atomic E-state index is 0.115. The summed E-state index contributed by atoms with van der Waals surface area (Å²) >= 11 is 0. The Morgan fingerprint density at radius 2 is 0.326 bits per heavy atom. The number of esters is 2. The fourth-order valence-corrected chi connectivity index (χ4v) is 14.2. The van der Waals surface area contributed by atoms with E-state index < -0.39 is 0 Å². The summed E-state index contributed by atoms with van der Waals surface area (Å²) in [5, 5.41) is 0. The average molecular weight is 1210 g/mol. The molecule has 0 fully saturated rings. The van der Waals surface area contributed by atoms with E-state index in [4.69, 9.17) is 9.47 Å². The van der Waals surface area contributed by atoms with Crippen molar-refractivity contribution < 1.29 is 19.1 Å². The molecule has 0 aliphatic rings. The largest absolute Gasteiger partial charge is 0.465 e. The number of carbonyl (C=O) groups is 2. The monoisotopic (exact) mass is 1210 g/mol. The molecule has 4 nitrogen and oxygen atoms in total. The first-order chi connectivity index (χ1) is 42.5. The van der Waals surface area contributed by atoms with E-state index in [-0.39, 0.29) is 23.8 Å². The molecule has 4 unspecified atom stereocenters. The van der Waals surface area contributed by atoms with Gasteiger partial charge in [0.05, 0.1) is 25.0 Å². The van der Waals surface area contributed by atoms with Crippen LogP contribution < -0.4 is 0 Å². The SMILES string of the molecule is CCCCCCCCCCCCC(CCCCCCCCCC)C(=O)OCCCCCCCCC(CCCCCCCC)C(CCCCCCCC)CCCCCCCCOC(=O)C(CCCCCCCCCC)CCCCCCCCCCCC. The fraction of sp³-hybridized carbons (Fsp3) is 0.976. The van der Waals surface area contributed by atoms with Gasteiger partial charge in [-0.15, -0.1) is 0 Å². The Balaban J connectivity index is 5.12. The van der Waals surface area contributed by atoms with E-state index in [1.807, 2.05) is 0 Å². The maximum absolute atomic E-state index is 13.5. The Morgan fingerprint density at radius 3 is 0.500 bits per heavy atom. The summed E-state index contributed by atoms with van der Waals surface area (Å²) in [6.07, 6.45) is 90.1. The molecule has 0 rings (SSSR count). The second-order valence-electron chi connectivity index (χ2n) is 28.7. The van der Waals surface area contributed by atoms with Crippen LogP contribution >= 0.6 is 0 Å². The molecule has 0 spiro atoms. The van der Waals surface area contributed by atoms with Gasteiger partial charge in [-0.05, 0) is 50.4 Å². The first-order valence-corrected chi connectivity index (χ1v) is 40.8. The Kier molecular flexibility index (Phi) is 72.1. The number of rotatable bonds is 75. The van der Waals surface area contributed by atoms with Crippen LogP contribution in [0.25, 0.3) is 0 Å². The van der Waals surface area contributed by atoms with Crippen LogP contribution in [0.3, 0.4) is 0 Å². The summed E-state index contributed by atoms with van der Waals surface area (Å²) in [5.74, 6) is 2.26.